The summed E-state index contributed by atoms with van der Waals surface area (Å²) < 4.78 is 6.74. The highest BCUT2D eigenvalue weighted by Crippen LogP contribution is 2.27. The summed E-state index contributed by atoms with van der Waals surface area (Å²) in [5.41, 5.74) is 0.700. The predicted molar refractivity (Wildman–Crippen MR) is 116 cm³/mol. The van der Waals surface area contributed by atoms with E-state index in [4.69, 9.17) is 4.74 Å². The molecule has 2 aromatic rings. The second kappa shape index (κ2) is 9.84. The van der Waals surface area contributed by atoms with E-state index in [9.17, 15) is 9.59 Å². The Labute approximate surface area is 180 Å². The number of aryl methyl sites for hydroxylation is 1. The van der Waals surface area contributed by atoms with Crippen LogP contribution >= 0.6 is 11.3 Å². The Morgan fingerprint density at radius 1 is 1.27 bits per heavy atom. The van der Waals surface area contributed by atoms with Crippen molar-refractivity contribution in [2.24, 2.45) is 5.92 Å². The fourth-order valence-electron chi connectivity index (χ4n) is 4.00. The maximum Gasteiger partial charge on any atom is 0.275 e. The highest BCUT2D eigenvalue weighted by molar-refractivity contribution is 7.20. The molecule has 0 unspecified atom stereocenters. The molecule has 1 amide bonds. The van der Waals surface area contributed by atoms with Crippen molar-refractivity contribution in [2.45, 2.75) is 32.6 Å². The number of hydrogen-bond donors (Lipinski definition) is 1. The van der Waals surface area contributed by atoms with Crippen molar-refractivity contribution in [3.05, 3.63) is 22.1 Å². The number of nitrogens with zero attached hydrogens (tertiary/aromatic N) is 5. The van der Waals surface area contributed by atoms with Gasteiger partial charge >= 0.3 is 0 Å². The number of carbonyl (C=O) groups excluding carboxylic acids is 1. The van der Waals surface area contributed by atoms with Gasteiger partial charge in [0, 0.05) is 56.9 Å². The Hall–Kier alpha value is -2.04. The zero-order valence-corrected chi connectivity index (χ0v) is 18.3. The van der Waals surface area contributed by atoms with E-state index in [1.807, 2.05) is 0 Å². The van der Waals surface area contributed by atoms with E-state index in [1.165, 1.54) is 15.9 Å². The first-order chi connectivity index (χ1) is 14.6. The van der Waals surface area contributed by atoms with Gasteiger partial charge in [-0.15, -0.1) is 5.10 Å². The van der Waals surface area contributed by atoms with Crippen molar-refractivity contribution < 1.29 is 9.53 Å². The Balaban J connectivity index is 1.29. The molecule has 1 N–H and O–H groups in total. The number of piperidine rings is 1. The van der Waals surface area contributed by atoms with Crippen LogP contribution < -0.4 is 15.8 Å². The monoisotopic (exact) mass is 434 g/mol. The number of nitrogens with one attached hydrogen (secondary N) is 1. The van der Waals surface area contributed by atoms with Gasteiger partial charge in [-0.1, -0.05) is 24.7 Å². The average molecular weight is 435 g/mol. The van der Waals surface area contributed by atoms with Crippen molar-refractivity contribution in [3.63, 3.8) is 0 Å². The maximum atomic E-state index is 12.5. The van der Waals surface area contributed by atoms with E-state index < -0.39 is 0 Å². The third-order valence-electron chi connectivity index (χ3n) is 5.76. The van der Waals surface area contributed by atoms with E-state index in [0.29, 0.717) is 11.5 Å². The number of anilines is 1. The highest BCUT2D eigenvalue weighted by Gasteiger charge is 2.27. The molecule has 0 aromatic carbocycles. The van der Waals surface area contributed by atoms with Crippen molar-refractivity contribution >= 4 is 27.3 Å². The van der Waals surface area contributed by atoms with Gasteiger partial charge in [0.25, 0.3) is 5.56 Å². The Morgan fingerprint density at radius 3 is 2.77 bits per heavy atom. The number of fused-ring (bicyclic) bond motifs is 1. The molecule has 2 saturated heterocycles. The van der Waals surface area contributed by atoms with Crippen LogP contribution in [-0.2, 0) is 16.0 Å². The predicted octanol–water partition coefficient (Wildman–Crippen LogP) is 0.768. The van der Waals surface area contributed by atoms with Gasteiger partial charge in [0.15, 0.2) is 0 Å². The summed E-state index contributed by atoms with van der Waals surface area (Å²) in [6.45, 7) is 8.59. The Bertz CT molecular complexity index is 915. The van der Waals surface area contributed by atoms with E-state index in [-0.39, 0.29) is 17.4 Å². The smallest absolute Gasteiger partial charge is 0.275 e. The molecule has 0 spiro atoms. The number of ether oxygens (including phenoxy) is 1. The first-order valence-corrected chi connectivity index (χ1v) is 11.7. The Kier molecular flexibility index (Phi) is 6.96. The van der Waals surface area contributed by atoms with Gasteiger partial charge in [0.05, 0.1) is 13.2 Å². The zero-order chi connectivity index (χ0) is 20.9. The summed E-state index contributed by atoms with van der Waals surface area (Å²) in [7, 11) is 0. The quantitative estimate of drug-likeness (QED) is 0.688. The lowest BCUT2D eigenvalue weighted by Crippen LogP contribution is -2.44. The normalized spacial score (nSPS) is 18.8. The molecule has 0 aliphatic carbocycles. The first kappa shape index (κ1) is 21.2. The fraction of sp³-hybridized carbons (Fsp3) is 0.700. The van der Waals surface area contributed by atoms with Gasteiger partial charge in [-0.05, 0) is 19.3 Å². The second-order valence-corrected chi connectivity index (χ2v) is 8.86. The van der Waals surface area contributed by atoms with Crippen molar-refractivity contribution in [3.8, 4) is 0 Å². The second-order valence-electron chi connectivity index (χ2n) is 7.92. The number of morpholine rings is 1. The number of rotatable bonds is 7. The SMILES string of the molecule is CCCc1cc(=O)n2nc(N3CCC(C(=O)NCCN4CCOCC4)CC3)sc2n1. The number of amides is 1. The average Bonchev–Trinajstić information content (AvgIpc) is 3.20. The van der Waals surface area contributed by atoms with Crippen LogP contribution in [0.25, 0.3) is 4.96 Å². The molecule has 164 valence electrons. The lowest BCUT2D eigenvalue weighted by atomic mass is 9.96. The minimum Gasteiger partial charge on any atom is -0.379 e. The van der Waals surface area contributed by atoms with Gasteiger partial charge in [-0.25, -0.2) is 4.98 Å². The molecule has 4 rings (SSSR count). The van der Waals surface area contributed by atoms with Crippen LogP contribution in [0.4, 0.5) is 5.13 Å². The molecule has 2 fully saturated rings. The molecule has 10 heteroatoms. The summed E-state index contributed by atoms with van der Waals surface area (Å²) in [5.74, 6) is 0.187. The van der Waals surface area contributed by atoms with Crippen LogP contribution in [-0.4, -0.2) is 77.9 Å². The van der Waals surface area contributed by atoms with E-state index in [0.717, 1.165) is 82.4 Å². The van der Waals surface area contributed by atoms with Crippen molar-refractivity contribution in [1.82, 2.24) is 24.8 Å². The van der Waals surface area contributed by atoms with Gasteiger partial charge in [0.2, 0.25) is 16.0 Å². The lowest BCUT2D eigenvalue weighted by Gasteiger charge is -2.31. The molecule has 9 nitrogen and oxygen atoms in total. The lowest BCUT2D eigenvalue weighted by molar-refractivity contribution is -0.125. The number of aromatic nitrogens is 3. The maximum absolute atomic E-state index is 12.5. The van der Waals surface area contributed by atoms with Crippen LogP contribution in [0.1, 0.15) is 31.9 Å². The largest absolute Gasteiger partial charge is 0.379 e. The number of carbonyl (C=O) groups is 1. The third kappa shape index (κ3) is 4.98. The van der Waals surface area contributed by atoms with Crippen LogP contribution in [0.3, 0.4) is 0 Å². The number of hydrogen-bond acceptors (Lipinski definition) is 8. The summed E-state index contributed by atoms with van der Waals surface area (Å²) >= 11 is 1.45. The molecule has 4 heterocycles. The van der Waals surface area contributed by atoms with E-state index >= 15 is 0 Å². The third-order valence-corrected chi connectivity index (χ3v) is 6.73. The van der Waals surface area contributed by atoms with Crippen LogP contribution in [0.5, 0.6) is 0 Å². The highest BCUT2D eigenvalue weighted by atomic mass is 32.1. The molecule has 2 aliphatic rings. The summed E-state index contributed by atoms with van der Waals surface area (Å²) in [5, 5.41) is 8.38. The molecule has 0 radical (unpaired) electrons. The standard InChI is InChI=1S/C20H30N6O3S/c1-2-3-16-14-17(27)26-19(22-16)30-20(23-26)25-7-4-15(5-8-25)18(28)21-6-9-24-10-12-29-13-11-24/h14-15H,2-13H2,1H3,(H,21,28). The van der Waals surface area contributed by atoms with Gasteiger partial charge in [-0.3, -0.25) is 14.5 Å². The topological polar surface area (TPSA) is 92.1 Å². The van der Waals surface area contributed by atoms with Crippen molar-refractivity contribution in [2.75, 3.05) is 57.4 Å². The molecular formula is C20H30N6O3S. The van der Waals surface area contributed by atoms with Crippen molar-refractivity contribution in [1.29, 1.82) is 0 Å². The van der Waals surface area contributed by atoms with E-state index in [2.05, 4.69) is 32.1 Å². The van der Waals surface area contributed by atoms with Crippen LogP contribution in [0, 0.1) is 5.92 Å². The zero-order valence-electron chi connectivity index (χ0n) is 17.5. The molecule has 30 heavy (non-hydrogen) atoms. The molecular weight excluding hydrogens is 404 g/mol. The molecule has 0 atom stereocenters. The summed E-state index contributed by atoms with van der Waals surface area (Å²) in [4.78, 5) is 34.5. The van der Waals surface area contributed by atoms with Gasteiger partial charge in [0.1, 0.15) is 0 Å². The minimum absolute atomic E-state index is 0.0392. The van der Waals surface area contributed by atoms with Gasteiger partial charge < -0.3 is 15.0 Å². The van der Waals surface area contributed by atoms with Gasteiger partial charge in [-0.2, -0.15) is 4.52 Å². The van der Waals surface area contributed by atoms with E-state index in [1.54, 1.807) is 6.07 Å². The molecule has 0 bridgehead atoms. The molecule has 0 saturated carbocycles. The Morgan fingerprint density at radius 2 is 2.03 bits per heavy atom. The van der Waals surface area contributed by atoms with Crippen LogP contribution in [0.2, 0.25) is 0 Å². The molecule has 2 aromatic heterocycles. The fourth-order valence-corrected chi connectivity index (χ4v) is 4.98. The minimum atomic E-state index is -0.125. The van der Waals surface area contributed by atoms with Crippen LogP contribution in [0.15, 0.2) is 10.9 Å². The summed E-state index contributed by atoms with van der Waals surface area (Å²) in [6.07, 6.45) is 3.34. The molecule has 2 aliphatic heterocycles. The summed E-state index contributed by atoms with van der Waals surface area (Å²) in [6, 6.07) is 1.58. The first-order valence-electron chi connectivity index (χ1n) is 10.9.